The number of imidazole rings is 2. The molecule has 6 nitrogen and oxygen atoms in total. The minimum absolute atomic E-state index is 0.0840. The van der Waals surface area contributed by atoms with Gasteiger partial charge in [-0.1, -0.05) is 30.3 Å². The fraction of sp³-hybridized carbons (Fsp3) is 0.300. The van der Waals surface area contributed by atoms with E-state index in [1.165, 1.54) is 5.56 Å². The third-order valence-corrected chi connectivity index (χ3v) is 5.26. The van der Waals surface area contributed by atoms with Crippen LogP contribution in [-0.4, -0.2) is 37.1 Å². The molecule has 26 heavy (non-hydrogen) atoms. The van der Waals surface area contributed by atoms with Gasteiger partial charge in [-0.25, -0.2) is 9.97 Å². The van der Waals surface area contributed by atoms with Crippen LogP contribution in [0.5, 0.6) is 0 Å². The molecule has 1 aliphatic carbocycles. The quantitative estimate of drug-likeness (QED) is 0.572. The number of hydrogen-bond donors (Lipinski definition) is 0. The van der Waals surface area contributed by atoms with Gasteiger partial charge < -0.3 is 9.13 Å². The number of fused-ring (bicyclic) bond motifs is 2. The van der Waals surface area contributed by atoms with E-state index < -0.39 is 0 Å². The van der Waals surface area contributed by atoms with E-state index in [1.54, 1.807) is 0 Å². The lowest BCUT2D eigenvalue weighted by Gasteiger charge is -2.22. The summed E-state index contributed by atoms with van der Waals surface area (Å²) in [5.74, 6) is 1.63. The van der Waals surface area contributed by atoms with Crippen LogP contribution in [0.4, 0.5) is 0 Å². The Labute approximate surface area is 151 Å². The van der Waals surface area contributed by atoms with Crippen molar-refractivity contribution in [1.29, 1.82) is 0 Å². The Morgan fingerprint density at radius 1 is 1.00 bits per heavy atom. The second kappa shape index (κ2) is 5.49. The summed E-state index contributed by atoms with van der Waals surface area (Å²) in [5, 5.41) is 0. The molecule has 0 atom stereocenters. The smallest absolute Gasteiger partial charge is 0.234 e. The van der Waals surface area contributed by atoms with Crippen LogP contribution in [0.15, 0.2) is 35.3 Å². The minimum Gasteiger partial charge on any atom is -0.326 e. The largest absolute Gasteiger partial charge is 0.326 e. The van der Waals surface area contributed by atoms with E-state index in [9.17, 15) is 4.79 Å². The highest BCUT2D eigenvalue weighted by Crippen LogP contribution is 2.31. The zero-order valence-corrected chi connectivity index (χ0v) is 14.9. The Morgan fingerprint density at radius 3 is 2.54 bits per heavy atom. The predicted molar refractivity (Wildman–Crippen MR) is 98.0 cm³/mol. The molecule has 0 bridgehead atoms. The Morgan fingerprint density at radius 2 is 1.73 bits per heavy atom. The van der Waals surface area contributed by atoms with Gasteiger partial charge in [0.25, 0.3) is 0 Å². The fourth-order valence-corrected chi connectivity index (χ4v) is 3.99. The molecule has 0 spiro atoms. The van der Waals surface area contributed by atoms with Gasteiger partial charge in [-0.15, -0.1) is 0 Å². The van der Waals surface area contributed by atoms with Crippen LogP contribution in [-0.2, 0) is 19.5 Å². The SMILES string of the molecule is Cc1nc2c3n1CCN=C3c1c(nc(C)n1CCc1ccccc1)C2=O. The number of carbonyl (C=O) groups is 1. The molecule has 3 aromatic rings. The standard InChI is InChI=1S/C20H19N5O/c1-12-22-16-18(24(12)10-8-14-6-4-3-5-7-14)15-19-17(20(16)26)23-13(2)25(19)11-9-21-15/h3-7H,8-11H2,1-2H3. The van der Waals surface area contributed by atoms with E-state index in [-0.39, 0.29) is 5.78 Å². The number of aliphatic imine (C=N–C) groups is 1. The molecule has 0 N–H and O–H groups in total. The number of hydrogen-bond acceptors (Lipinski definition) is 4. The van der Waals surface area contributed by atoms with E-state index in [1.807, 2.05) is 32.0 Å². The monoisotopic (exact) mass is 345 g/mol. The van der Waals surface area contributed by atoms with Gasteiger partial charge in [0.1, 0.15) is 40.1 Å². The maximum Gasteiger partial charge on any atom is 0.234 e. The molecule has 0 amide bonds. The number of benzene rings is 1. The molecular formula is C20H19N5O. The molecule has 1 aliphatic heterocycles. The molecule has 5 rings (SSSR count). The van der Waals surface area contributed by atoms with Crippen LogP contribution in [0, 0.1) is 13.8 Å². The summed E-state index contributed by atoms with van der Waals surface area (Å²) in [6.45, 7) is 6.15. The Bertz CT molecular complexity index is 1070. The first-order chi connectivity index (χ1) is 12.6. The van der Waals surface area contributed by atoms with Gasteiger partial charge in [0.05, 0.1) is 6.54 Å². The summed E-state index contributed by atoms with van der Waals surface area (Å²) in [6, 6.07) is 10.4. The van der Waals surface area contributed by atoms with Crippen molar-refractivity contribution in [3.8, 4) is 0 Å². The third-order valence-electron chi connectivity index (χ3n) is 5.26. The molecule has 1 aromatic carbocycles. The first-order valence-corrected chi connectivity index (χ1v) is 8.93. The van der Waals surface area contributed by atoms with Gasteiger partial charge in [0.2, 0.25) is 5.78 Å². The zero-order valence-electron chi connectivity index (χ0n) is 14.9. The normalized spacial score (nSPS) is 14.8. The van der Waals surface area contributed by atoms with Crippen LogP contribution in [0.3, 0.4) is 0 Å². The van der Waals surface area contributed by atoms with Crippen LogP contribution in [0.1, 0.15) is 44.8 Å². The second-order valence-corrected chi connectivity index (χ2v) is 6.81. The number of rotatable bonds is 3. The van der Waals surface area contributed by atoms with E-state index in [0.29, 0.717) is 17.9 Å². The van der Waals surface area contributed by atoms with Gasteiger partial charge in [0.15, 0.2) is 0 Å². The van der Waals surface area contributed by atoms with Gasteiger partial charge in [-0.3, -0.25) is 9.79 Å². The predicted octanol–water partition coefficient (Wildman–Crippen LogP) is 2.33. The number of aryl methyl sites for hydroxylation is 3. The first kappa shape index (κ1) is 15.3. The molecule has 0 saturated carbocycles. The minimum atomic E-state index is -0.0840. The second-order valence-electron chi connectivity index (χ2n) is 6.81. The summed E-state index contributed by atoms with van der Waals surface area (Å²) in [5.41, 5.74) is 4.86. The molecule has 2 aliphatic rings. The molecule has 0 saturated heterocycles. The van der Waals surface area contributed by atoms with E-state index in [2.05, 4.69) is 31.2 Å². The molecule has 3 heterocycles. The van der Waals surface area contributed by atoms with Gasteiger partial charge >= 0.3 is 0 Å². The summed E-state index contributed by atoms with van der Waals surface area (Å²) in [6.07, 6.45) is 0.886. The summed E-state index contributed by atoms with van der Waals surface area (Å²) >= 11 is 0. The average molecular weight is 345 g/mol. The highest BCUT2D eigenvalue weighted by Gasteiger charge is 2.39. The molecule has 2 aromatic heterocycles. The van der Waals surface area contributed by atoms with Crippen LogP contribution in [0.2, 0.25) is 0 Å². The number of nitrogens with zero attached hydrogens (tertiary/aromatic N) is 5. The topological polar surface area (TPSA) is 65.1 Å². The van der Waals surface area contributed by atoms with Crippen LogP contribution in [0.25, 0.3) is 0 Å². The van der Waals surface area contributed by atoms with Crippen molar-refractivity contribution in [2.24, 2.45) is 4.99 Å². The molecule has 0 fully saturated rings. The third kappa shape index (κ3) is 2.05. The fourth-order valence-electron chi connectivity index (χ4n) is 3.99. The summed E-state index contributed by atoms with van der Waals surface area (Å²) in [7, 11) is 0. The van der Waals surface area contributed by atoms with Crippen molar-refractivity contribution in [1.82, 2.24) is 19.1 Å². The lowest BCUT2D eigenvalue weighted by molar-refractivity contribution is 0.102. The van der Waals surface area contributed by atoms with Crippen molar-refractivity contribution >= 4 is 11.5 Å². The Hall–Kier alpha value is -3.02. The summed E-state index contributed by atoms with van der Waals surface area (Å²) in [4.78, 5) is 26.9. The van der Waals surface area contributed by atoms with Gasteiger partial charge in [-0.05, 0) is 25.8 Å². The van der Waals surface area contributed by atoms with E-state index >= 15 is 0 Å². The lowest BCUT2D eigenvalue weighted by atomic mass is 9.97. The number of ketones is 1. The highest BCUT2D eigenvalue weighted by molar-refractivity contribution is 6.27. The maximum absolute atomic E-state index is 13.0. The lowest BCUT2D eigenvalue weighted by Crippen LogP contribution is -2.30. The Balaban J connectivity index is 1.62. The number of carbonyl (C=O) groups excluding carboxylic acids is 1. The average Bonchev–Trinajstić information content (AvgIpc) is 3.17. The van der Waals surface area contributed by atoms with E-state index in [4.69, 9.17) is 4.99 Å². The highest BCUT2D eigenvalue weighted by atomic mass is 16.1. The first-order valence-electron chi connectivity index (χ1n) is 8.93. The molecule has 0 radical (unpaired) electrons. The molecule has 6 heteroatoms. The van der Waals surface area contributed by atoms with Crippen LogP contribution >= 0.6 is 0 Å². The summed E-state index contributed by atoms with van der Waals surface area (Å²) < 4.78 is 4.25. The Kier molecular flexibility index (Phi) is 3.22. The number of aromatic nitrogens is 4. The van der Waals surface area contributed by atoms with Gasteiger partial charge in [0, 0.05) is 13.1 Å². The zero-order chi connectivity index (χ0) is 17.8. The van der Waals surface area contributed by atoms with Crippen molar-refractivity contribution in [3.05, 3.63) is 70.3 Å². The molecule has 130 valence electrons. The molecular weight excluding hydrogens is 326 g/mol. The van der Waals surface area contributed by atoms with Crippen molar-refractivity contribution < 1.29 is 4.79 Å². The van der Waals surface area contributed by atoms with E-state index in [0.717, 1.165) is 48.3 Å². The maximum atomic E-state index is 13.0. The van der Waals surface area contributed by atoms with Crippen molar-refractivity contribution in [3.63, 3.8) is 0 Å². The molecule has 0 unspecified atom stereocenters. The van der Waals surface area contributed by atoms with Crippen LogP contribution < -0.4 is 0 Å². The van der Waals surface area contributed by atoms with Crippen molar-refractivity contribution in [2.75, 3.05) is 6.54 Å². The van der Waals surface area contributed by atoms with Gasteiger partial charge in [-0.2, -0.15) is 0 Å². The van der Waals surface area contributed by atoms with Crippen molar-refractivity contribution in [2.45, 2.75) is 33.4 Å².